The normalized spacial score (nSPS) is 11.4. The number of hydrogen-bond acceptors (Lipinski definition) is 7. The van der Waals surface area contributed by atoms with Crippen molar-refractivity contribution < 1.29 is 0 Å². The van der Waals surface area contributed by atoms with Crippen molar-refractivity contribution in [3.8, 4) is 0 Å². The van der Waals surface area contributed by atoms with Gasteiger partial charge in [-0.05, 0) is 54.6 Å². The molecule has 0 fully saturated rings. The maximum absolute atomic E-state index is 5.96. The lowest BCUT2D eigenvalue weighted by molar-refractivity contribution is 1.48. The molecule has 0 amide bonds. The van der Waals surface area contributed by atoms with Crippen molar-refractivity contribution in [2.75, 3.05) is 22.5 Å². The molecule has 0 aliphatic rings. The van der Waals surface area contributed by atoms with Crippen LogP contribution in [0.4, 0.5) is 27.9 Å². The first-order valence-corrected chi connectivity index (χ1v) is 9.20. The van der Waals surface area contributed by atoms with Crippen LogP contribution in [0.15, 0.2) is 54.6 Å². The highest BCUT2D eigenvalue weighted by molar-refractivity contribution is 7.22. The number of rotatable bonds is 2. The van der Waals surface area contributed by atoms with Crippen LogP contribution in [0.5, 0.6) is 0 Å². The predicted octanol–water partition coefficient (Wildman–Crippen LogP) is 4.49. The maximum atomic E-state index is 5.96. The molecule has 3 aromatic carbocycles. The molecule has 0 saturated carbocycles. The molecule has 0 unspecified atom stereocenters. The molecule has 0 radical (unpaired) electrons. The lowest BCUT2D eigenvalue weighted by atomic mass is 10.1. The van der Waals surface area contributed by atoms with Crippen molar-refractivity contribution in [1.82, 2.24) is 9.97 Å². The molecule has 0 atom stereocenters. The first-order valence-electron chi connectivity index (χ1n) is 8.38. The average molecular weight is 372 g/mol. The largest absolute Gasteiger partial charge is 0.399 e. The summed E-state index contributed by atoms with van der Waals surface area (Å²) in [5, 5.41) is 6.09. The Hall–Kier alpha value is -3.58. The van der Waals surface area contributed by atoms with Gasteiger partial charge in [0.05, 0.1) is 26.9 Å². The Kier molecular flexibility index (Phi) is 3.32. The Morgan fingerprint density at radius 1 is 0.704 bits per heavy atom. The first kappa shape index (κ1) is 15.7. The van der Waals surface area contributed by atoms with E-state index in [9.17, 15) is 0 Å². The van der Waals surface area contributed by atoms with Crippen LogP contribution < -0.4 is 22.5 Å². The van der Waals surface area contributed by atoms with E-state index in [0.717, 1.165) is 43.4 Å². The van der Waals surface area contributed by atoms with Crippen LogP contribution in [0.1, 0.15) is 0 Å². The van der Waals surface area contributed by atoms with Crippen LogP contribution in [0.3, 0.4) is 0 Å². The van der Waals surface area contributed by atoms with E-state index in [-0.39, 0.29) is 0 Å². The number of benzene rings is 3. The summed E-state index contributed by atoms with van der Waals surface area (Å²) in [6.45, 7) is 0. The fourth-order valence-corrected chi connectivity index (χ4v) is 4.05. The van der Waals surface area contributed by atoms with Gasteiger partial charge in [0.1, 0.15) is 0 Å². The van der Waals surface area contributed by atoms with Gasteiger partial charge >= 0.3 is 0 Å². The van der Waals surface area contributed by atoms with Crippen molar-refractivity contribution >= 4 is 71.2 Å². The van der Waals surface area contributed by atoms with E-state index in [1.807, 2.05) is 48.5 Å². The van der Waals surface area contributed by atoms with E-state index in [4.69, 9.17) is 22.2 Å². The molecule has 2 heterocycles. The van der Waals surface area contributed by atoms with E-state index in [0.29, 0.717) is 16.5 Å². The number of nitrogens with one attached hydrogen (secondary N) is 1. The monoisotopic (exact) mass is 372 g/mol. The molecular weight excluding hydrogens is 356 g/mol. The van der Waals surface area contributed by atoms with Gasteiger partial charge in [-0.15, -0.1) is 0 Å². The summed E-state index contributed by atoms with van der Waals surface area (Å²) < 4.78 is 1.04. The minimum Gasteiger partial charge on any atom is -0.399 e. The third-order valence-electron chi connectivity index (χ3n) is 4.50. The van der Waals surface area contributed by atoms with E-state index in [1.165, 1.54) is 11.3 Å². The van der Waals surface area contributed by atoms with Crippen LogP contribution in [0, 0.1) is 0 Å². The SMILES string of the molecule is Nc1ccc2c(Nc3ccc4nc(N)sc4c3)c3ccc(N)cc3nc2c1. The van der Waals surface area contributed by atoms with E-state index >= 15 is 0 Å². The van der Waals surface area contributed by atoms with E-state index in [2.05, 4.69) is 16.4 Å². The summed E-state index contributed by atoms with van der Waals surface area (Å²) in [5.74, 6) is 0. The minimum absolute atomic E-state index is 0.563. The minimum atomic E-state index is 0.563. The number of aromatic nitrogens is 2. The molecule has 0 saturated heterocycles. The fourth-order valence-electron chi connectivity index (χ4n) is 3.28. The van der Waals surface area contributed by atoms with Gasteiger partial charge < -0.3 is 22.5 Å². The van der Waals surface area contributed by atoms with Gasteiger partial charge in [0.15, 0.2) is 5.13 Å². The van der Waals surface area contributed by atoms with Gasteiger partial charge in [0, 0.05) is 27.8 Å². The van der Waals surface area contributed by atoms with Crippen LogP contribution in [0.2, 0.25) is 0 Å². The molecule has 5 rings (SSSR count). The van der Waals surface area contributed by atoms with Gasteiger partial charge in [-0.25, -0.2) is 9.97 Å². The van der Waals surface area contributed by atoms with Crippen LogP contribution >= 0.6 is 11.3 Å². The molecule has 6 nitrogen and oxygen atoms in total. The molecule has 2 aromatic heterocycles. The van der Waals surface area contributed by atoms with Crippen LogP contribution in [0.25, 0.3) is 32.0 Å². The zero-order chi connectivity index (χ0) is 18.5. The number of nitrogens with two attached hydrogens (primary N) is 3. The Bertz CT molecular complexity index is 1280. The molecule has 132 valence electrons. The molecule has 5 aromatic rings. The topological polar surface area (TPSA) is 116 Å². The lowest BCUT2D eigenvalue weighted by Crippen LogP contribution is -1.97. The van der Waals surface area contributed by atoms with Crippen molar-refractivity contribution in [2.45, 2.75) is 0 Å². The summed E-state index contributed by atoms with van der Waals surface area (Å²) in [5.41, 5.74) is 23.5. The third-order valence-corrected chi connectivity index (χ3v) is 5.34. The quantitative estimate of drug-likeness (QED) is 0.268. The number of hydrogen-bond donors (Lipinski definition) is 4. The molecule has 0 bridgehead atoms. The predicted molar refractivity (Wildman–Crippen MR) is 115 cm³/mol. The summed E-state index contributed by atoms with van der Waals surface area (Å²) in [6.07, 6.45) is 0. The standard InChI is InChI=1S/C20H16N6S/c21-10-1-4-13-16(7-10)25-17-8-11(22)2-5-14(17)19(13)24-12-3-6-15-18(9-12)27-20(23)26-15/h1-9H,21-22H2,(H2,23,26)(H,24,25). The zero-order valence-corrected chi connectivity index (χ0v) is 15.0. The first-order chi connectivity index (χ1) is 13.1. The van der Waals surface area contributed by atoms with Crippen LogP contribution in [-0.2, 0) is 0 Å². The molecule has 27 heavy (non-hydrogen) atoms. The number of nitrogen functional groups attached to an aromatic ring is 3. The second-order valence-corrected chi connectivity index (χ2v) is 7.46. The third kappa shape index (κ3) is 2.65. The van der Waals surface area contributed by atoms with Gasteiger partial charge in [0.2, 0.25) is 0 Å². The average Bonchev–Trinajstić information content (AvgIpc) is 3.00. The lowest BCUT2D eigenvalue weighted by Gasteiger charge is -2.14. The maximum Gasteiger partial charge on any atom is 0.181 e. The summed E-state index contributed by atoms with van der Waals surface area (Å²) in [6, 6.07) is 17.5. The second-order valence-electron chi connectivity index (χ2n) is 6.40. The highest BCUT2D eigenvalue weighted by atomic mass is 32.1. The van der Waals surface area contributed by atoms with Crippen molar-refractivity contribution in [3.63, 3.8) is 0 Å². The number of pyridine rings is 1. The fraction of sp³-hybridized carbons (Fsp3) is 0. The van der Waals surface area contributed by atoms with Gasteiger partial charge in [-0.3, -0.25) is 0 Å². The van der Waals surface area contributed by atoms with Gasteiger partial charge in [0.25, 0.3) is 0 Å². The molecule has 0 aliphatic carbocycles. The molecule has 0 spiro atoms. The van der Waals surface area contributed by atoms with Crippen molar-refractivity contribution in [2.24, 2.45) is 0 Å². The molecular formula is C20H16N6S. The summed E-state index contributed by atoms with van der Waals surface area (Å²) >= 11 is 1.47. The van der Waals surface area contributed by atoms with E-state index in [1.54, 1.807) is 0 Å². The van der Waals surface area contributed by atoms with Crippen LogP contribution in [-0.4, -0.2) is 9.97 Å². The highest BCUT2D eigenvalue weighted by Gasteiger charge is 2.11. The molecule has 7 heteroatoms. The zero-order valence-electron chi connectivity index (χ0n) is 14.2. The molecule has 7 N–H and O–H groups in total. The number of anilines is 5. The summed E-state index contributed by atoms with van der Waals surface area (Å²) in [7, 11) is 0. The van der Waals surface area contributed by atoms with E-state index < -0.39 is 0 Å². The Balaban J connectivity index is 1.75. The van der Waals surface area contributed by atoms with Gasteiger partial charge in [-0.1, -0.05) is 11.3 Å². The van der Waals surface area contributed by atoms with Gasteiger partial charge in [-0.2, -0.15) is 0 Å². The number of fused-ring (bicyclic) bond motifs is 3. The smallest absolute Gasteiger partial charge is 0.181 e. The number of nitrogens with zero attached hydrogens (tertiary/aromatic N) is 2. The summed E-state index contributed by atoms with van der Waals surface area (Å²) in [4.78, 5) is 9.04. The van der Waals surface area contributed by atoms with Crippen molar-refractivity contribution in [1.29, 1.82) is 0 Å². The highest BCUT2D eigenvalue weighted by Crippen LogP contribution is 2.36. The second kappa shape index (κ2) is 5.72. The Morgan fingerprint density at radius 3 is 2.04 bits per heavy atom. The van der Waals surface area contributed by atoms with Crippen molar-refractivity contribution in [3.05, 3.63) is 54.6 Å². The Labute approximate surface area is 158 Å². The number of thiazole rings is 1. The molecule has 0 aliphatic heterocycles. The Morgan fingerprint density at radius 2 is 1.37 bits per heavy atom.